The highest BCUT2D eigenvalue weighted by Crippen LogP contribution is 2.32. The highest BCUT2D eigenvalue weighted by molar-refractivity contribution is 7.89. The molecule has 1 fully saturated rings. The van der Waals surface area contributed by atoms with E-state index in [2.05, 4.69) is 11.9 Å². The van der Waals surface area contributed by atoms with Crippen LogP contribution in [-0.4, -0.2) is 34.7 Å². The molecule has 0 amide bonds. The van der Waals surface area contributed by atoms with Gasteiger partial charge in [0.15, 0.2) is 15.8 Å². The Kier molecular flexibility index (Phi) is 2.84. The number of imidazole rings is 1. The second-order valence-electron chi connectivity index (χ2n) is 5.12. The number of nitrogens with zero attached hydrogens (tertiary/aromatic N) is 3. The summed E-state index contributed by atoms with van der Waals surface area (Å²) in [5.41, 5.74) is 5.80. The van der Waals surface area contributed by atoms with E-state index in [9.17, 15) is 8.42 Å². The maximum absolute atomic E-state index is 12.8. The normalized spacial score (nSPS) is 25.4. The number of thiazole rings is 1. The van der Waals surface area contributed by atoms with Gasteiger partial charge in [-0.25, -0.2) is 13.4 Å². The molecule has 8 heteroatoms. The first kappa shape index (κ1) is 12.9. The summed E-state index contributed by atoms with van der Waals surface area (Å²) in [7, 11) is -3.59. The van der Waals surface area contributed by atoms with Crippen LogP contribution in [0, 0.1) is 5.92 Å². The van der Waals surface area contributed by atoms with Gasteiger partial charge in [0.2, 0.25) is 0 Å². The zero-order chi connectivity index (χ0) is 13.8. The SMILES string of the molecule is CC1CC(C)N(S(=O)(=O)c2c(N)nc3sccn23)C1. The molecule has 1 aliphatic rings. The number of anilines is 1. The fourth-order valence-corrected chi connectivity index (χ4v) is 5.46. The van der Waals surface area contributed by atoms with Crippen molar-refractivity contribution in [2.24, 2.45) is 5.92 Å². The summed E-state index contributed by atoms with van der Waals surface area (Å²) in [6.07, 6.45) is 2.57. The average Bonchev–Trinajstić information content (AvgIpc) is 2.92. The fraction of sp³-hybridized carbons (Fsp3) is 0.545. The number of aromatic nitrogens is 2. The molecule has 3 heterocycles. The molecule has 2 aromatic rings. The van der Waals surface area contributed by atoms with Crippen LogP contribution in [0.5, 0.6) is 0 Å². The van der Waals surface area contributed by atoms with Crippen LogP contribution >= 0.6 is 11.3 Å². The summed E-state index contributed by atoms with van der Waals surface area (Å²) in [6, 6.07) is 0.00332. The maximum atomic E-state index is 12.8. The zero-order valence-electron chi connectivity index (χ0n) is 10.8. The van der Waals surface area contributed by atoms with Crippen molar-refractivity contribution in [3.05, 3.63) is 11.6 Å². The molecule has 0 radical (unpaired) electrons. The third kappa shape index (κ3) is 1.86. The minimum Gasteiger partial charge on any atom is -0.381 e. The van der Waals surface area contributed by atoms with Crippen LogP contribution in [-0.2, 0) is 10.0 Å². The second kappa shape index (κ2) is 4.19. The standard InChI is InChI=1S/C11H16N4O2S2/c1-7-5-8(2)15(6-7)19(16,17)10-9(12)13-11-14(10)3-4-18-11/h3-4,7-8H,5-6,12H2,1-2H3. The first-order valence-electron chi connectivity index (χ1n) is 6.14. The molecule has 2 aromatic heterocycles. The Bertz CT molecular complexity index is 718. The van der Waals surface area contributed by atoms with Crippen LogP contribution in [0.2, 0.25) is 0 Å². The molecular weight excluding hydrogens is 284 g/mol. The van der Waals surface area contributed by atoms with E-state index >= 15 is 0 Å². The monoisotopic (exact) mass is 300 g/mol. The van der Waals surface area contributed by atoms with E-state index in [0.29, 0.717) is 17.4 Å². The quantitative estimate of drug-likeness (QED) is 0.909. The van der Waals surface area contributed by atoms with Crippen molar-refractivity contribution >= 4 is 32.1 Å². The molecule has 104 valence electrons. The zero-order valence-corrected chi connectivity index (χ0v) is 12.4. The van der Waals surface area contributed by atoms with Crippen LogP contribution in [0.25, 0.3) is 4.96 Å². The minimum absolute atomic E-state index is 0.00332. The van der Waals surface area contributed by atoms with Gasteiger partial charge in [-0.15, -0.1) is 11.3 Å². The Morgan fingerprint density at radius 3 is 2.84 bits per heavy atom. The molecule has 2 N–H and O–H groups in total. The minimum atomic E-state index is -3.59. The van der Waals surface area contributed by atoms with Gasteiger partial charge < -0.3 is 5.73 Å². The molecule has 3 rings (SSSR count). The van der Waals surface area contributed by atoms with E-state index in [0.717, 1.165) is 6.42 Å². The first-order valence-corrected chi connectivity index (χ1v) is 8.46. The number of hydrogen-bond donors (Lipinski definition) is 1. The summed E-state index contributed by atoms with van der Waals surface area (Å²) in [6.45, 7) is 4.54. The summed E-state index contributed by atoms with van der Waals surface area (Å²) in [5, 5.41) is 1.90. The van der Waals surface area contributed by atoms with Crippen molar-refractivity contribution < 1.29 is 8.42 Å². The number of rotatable bonds is 2. The van der Waals surface area contributed by atoms with Crippen molar-refractivity contribution in [2.45, 2.75) is 31.3 Å². The molecule has 0 spiro atoms. The van der Waals surface area contributed by atoms with Crippen LogP contribution < -0.4 is 5.73 Å². The third-order valence-electron chi connectivity index (χ3n) is 3.52. The molecule has 6 nitrogen and oxygen atoms in total. The molecule has 1 saturated heterocycles. The summed E-state index contributed by atoms with van der Waals surface area (Å²) < 4.78 is 28.6. The van der Waals surface area contributed by atoms with Gasteiger partial charge >= 0.3 is 0 Å². The van der Waals surface area contributed by atoms with Crippen molar-refractivity contribution in [2.75, 3.05) is 12.3 Å². The van der Waals surface area contributed by atoms with Crippen molar-refractivity contribution in [3.8, 4) is 0 Å². The van der Waals surface area contributed by atoms with Gasteiger partial charge in [-0.05, 0) is 19.3 Å². The average molecular weight is 300 g/mol. The molecule has 2 unspecified atom stereocenters. The van der Waals surface area contributed by atoms with E-state index in [-0.39, 0.29) is 16.9 Å². The topological polar surface area (TPSA) is 80.7 Å². The smallest absolute Gasteiger partial charge is 0.263 e. The van der Waals surface area contributed by atoms with Crippen LogP contribution in [0.1, 0.15) is 20.3 Å². The Labute approximate surface area is 115 Å². The highest BCUT2D eigenvalue weighted by atomic mass is 32.2. The molecule has 0 aliphatic carbocycles. The lowest BCUT2D eigenvalue weighted by Crippen LogP contribution is -2.35. The highest BCUT2D eigenvalue weighted by Gasteiger charge is 2.39. The number of sulfonamides is 1. The number of fused-ring (bicyclic) bond motifs is 1. The Hall–Kier alpha value is -1.12. The third-order valence-corrected chi connectivity index (χ3v) is 6.30. The van der Waals surface area contributed by atoms with Crippen LogP contribution in [0.15, 0.2) is 16.6 Å². The predicted octanol–water partition coefficient (Wildman–Crippen LogP) is 1.40. The maximum Gasteiger partial charge on any atom is 0.263 e. The largest absolute Gasteiger partial charge is 0.381 e. The summed E-state index contributed by atoms with van der Waals surface area (Å²) in [4.78, 5) is 4.72. The van der Waals surface area contributed by atoms with Gasteiger partial charge in [0.05, 0.1) is 0 Å². The molecular formula is C11H16N4O2S2. The predicted molar refractivity (Wildman–Crippen MR) is 74.6 cm³/mol. The van der Waals surface area contributed by atoms with Crippen molar-refractivity contribution in [3.63, 3.8) is 0 Å². The number of nitrogens with two attached hydrogens (primary N) is 1. The Morgan fingerprint density at radius 2 is 2.21 bits per heavy atom. The lowest BCUT2D eigenvalue weighted by atomic mass is 10.1. The lowest BCUT2D eigenvalue weighted by molar-refractivity contribution is 0.403. The van der Waals surface area contributed by atoms with E-state index in [1.807, 2.05) is 6.92 Å². The number of hydrogen-bond acceptors (Lipinski definition) is 5. The molecule has 0 bridgehead atoms. The first-order chi connectivity index (χ1) is 8.91. The van der Waals surface area contributed by atoms with Gasteiger partial charge in [-0.1, -0.05) is 6.92 Å². The van der Waals surface area contributed by atoms with Crippen molar-refractivity contribution in [1.82, 2.24) is 13.7 Å². The van der Waals surface area contributed by atoms with E-state index in [1.165, 1.54) is 15.6 Å². The fourth-order valence-electron chi connectivity index (χ4n) is 2.75. The lowest BCUT2D eigenvalue weighted by Gasteiger charge is -2.20. The van der Waals surface area contributed by atoms with Gasteiger partial charge in [-0.3, -0.25) is 4.40 Å². The summed E-state index contributed by atoms with van der Waals surface area (Å²) >= 11 is 1.37. The van der Waals surface area contributed by atoms with Gasteiger partial charge in [0.25, 0.3) is 10.0 Å². The Balaban J connectivity index is 2.14. The Morgan fingerprint density at radius 1 is 1.47 bits per heavy atom. The van der Waals surface area contributed by atoms with Crippen LogP contribution in [0.4, 0.5) is 5.82 Å². The second-order valence-corrected chi connectivity index (χ2v) is 7.80. The van der Waals surface area contributed by atoms with Gasteiger partial charge in [-0.2, -0.15) is 4.31 Å². The molecule has 2 atom stereocenters. The summed E-state index contributed by atoms with van der Waals surface area (Å²) in [5.74, 6) is 0.454. The molecule has 1 aliphatic heterocycles. The molecule has 0 saturated carbocycles. The van der Waals surface area contributed by atoms with E-state index in [4.69, 9.17) is 5.73 Å². The van der Waals surface area contributed by atoms with Gasteiger partial charge in [0.1, 0.15) is 0 Å². The van der Waals surface area contributed by atoms with E-state index in [1.54, 1.807) is 16.0 Å². The van der Waals surface area contributed by atoms with Crippen LogP contribution in [0.3, 0.4) is 0 Å². The molecule has 0 aromatic carbocycles. The van der Waals surface area contributed by atoms with E-state index < -0.39 is 10.0 Å². The molecule has 19 heavy (non-hydrogen) atoms. The van der Waals surface area contributed by atoms with Crippen molar-refractivity contribution in [1.29, 1.82) is 0 Å². The van der Waals surface area contributed by atoms with Gasteiger partial charge in [0, 0.05) is 24.2 Å². The number of nitrogen functional groups attached to an aromatic ring is 1.